The fourth-order valence-corrected chi connectivity index (χ4v) is 4.48. The summed E-state index contributed by atoms with van der Waals surface area (Å²) in [5, 5.41) is 7.99. The van der Waals surface area contributed by atoms with E-state index in [1.54, 1.807) is 11.3 Å². The van der Waals surface area contributed by atoms with Crippen LogP contribution < -0.4 is 5.32 Å². The first-order valence-corrected chi connectivity index (χ1v) is 10.1. The molecule has 1 aliphatic heterocycles. The summed E-state index contributed by atoms with van der Waals surface area (Å²) in [4.78, 5) is 10.6. The van der Waals surface area contributed by atoms with Gasteiger partial charge in [-0.25, -0.2) is 0 Å². The second kappa shape index (κ2) is 10.1. The van der Waals surface area contributed by atoms with Gasteiger partial charge in [-0.1, -0.05) is 11.6 Å². The number of halogens is 2. The molecule has 1 saturated heterocycles. The number of rotatable bonds is 4. The molecule has 27 heavy (non-hydrogen) atoms. The van der Waals surface area contributed by atoms with Crippen molar-refractivity contribution in [2.75, 3.05) is 33.2 Å². The highest BCUT2D eigenvalue weighted by Gasteiger charge is 2.20. The molecule has 3 rings (SSSR count). The van der Waals surface area contributed by atoms with E-state index in [0.717, 1.165) is 55.3 Å². The van der Waals surface area contributed by atoms with Crippen molar-refractivity contribution in [3.8, 4) is 0 Å². The molecule has 0 unspecified atom stereocenters. The molecular formula is C18H28ClIN6S. The molecule has 1 fully saturated rings. The van der Waals surface area contributed by atoms with Gasteiger partial charge in [-0.2, -0.15) is 5.10 Å². The largest absolute Gasteiger partial charge is 0.352 e. The van der Waals surface area contributed by atoms with Crippen molar-refractivity contribution >= 4 is 52.9 Å². The van der Waals surface area contributed by atoms with Gasteiger partial charge >= 0.3 is 0 Å². The Morgan fingerprint density at radius 1 is 1.26 bits per heavy atom. The standard InChI is InChI=1S/C18H27ClN6S.HI/c1-13-16(14(2)23(4)22-13)11-21-18(20-3)25-9-7-24(8-10-25)12-15-5-6-17(19)26-15;/h5-6H,7-12H2,1-4H3,(H,20,21);1H. The van der Waals surface area contributed by atoms with Crippen LogP contribution in [0.25, 0.3) is 0 Å². The molecule has 0 saturated carbocycles. The zero-order valence-corrected chi connectivity index (χ0v) is 20.2. The molecule has 6 nitrogen and oxygen atoms in total. The molecular weight excluding hydrogens is 495 g/mol. The second-order valence-electron chi connectivity index (χ2n) is 6.64. The van der Waals surface area contributed by atoms with Gasteiger partial charge in [-0.15, -0.1) is 35.3 Å². The van der Waals surface area contributed by atoms with Crippen LogP contribution in [0.1, 0.15) is 21.8 Å². The highest BCUT2D eigenvalue weighted by Crippen LogP contribution is 2.23. The molecule has 1 aliphatic rings. The molecule has 1 N–H and O–H groups in total. The van der Waals surface area contributed by atoms with Crippen LogP contribution in [0.3, 0.4) is 0 Å². The van der Waals surface area contributed by atoms with E-state index in [9.17, 15) is 0 Å². The molecule has 3 heterocycles. The summed E-state index contributed by atoms with van der Waals surface area (Å²) in [6.07, 6.45) is 0. The molecule has 0 spiro atoms. The lowest BCUT2D eigenvalue weighted by Gasteiger charge is -2.36. The first kappa shape index (κ1) is 22.4. The van der Waals surface area contributed by atoms with E-state index in [2.05, 4.69) is 45.1 Å². The molecule has 9 heteroatoms. The van der Waals surface area contributed by atoms with Gasteiger partial charge < -0.3 is 10.2 Å². The minimum Gasteiger partial charge on any atom is -0.352 e. The smallest absolute Gasteiger partial charge is 0.194 e. The van der Waals surface area contributed by atoms with E-state index in [4.69, 9.17) is 11.6 Å². The zero-order chi connectivity index (χ0) is 18.7. The van der Waals surface area contributed by atoms with Crippen LogP contribution in [0.2, 0.25) is 4.34 Å². The Labute approximate surface area is 187 Å². The lowest BCUT2D eigenvalue weighted by atomic mass is 10.2. The predicted octanol–water partition coefficient (Wildman–Crippen LogP) is 3.26. The normalized spacial score (nSPS) is 15.7. The quantitative estimate of drug-likeness (QED) is 0.380. The van der Waals surface area contributed by atoms with Crippen molar-refractivity contribution in [2.45, 2.75) is 26.9 Å². The van der Waals surface area contributed by atoms with Crippen LogP contribution in [0, 0.1) is 13.8 Å². The second-order valence-corrected chi connectivity index (χ2v) is 8.44. The number of hydrogen-bond acceptors (Lipinski definition) is 4. The number of aromatic nitrogens is 2. The number of nitrogens with one attached hydrogen (secondary N) is 1. The van der Waals surface area contributed by atoms with Crippen molar-refractivity contribution in [3.63, 3.8) is 0 Å². The molecule has 0 bridgehead atoms. The fourth-order valence-electron chi connectivity index (χ4n) is 3.35. The number of guanidine groups is 1. The Morgan fingerprint density at radius 3 is 2.48 bits per heavy atom. The number of aryl methyl sites for hydroxylation is 2. The fraction of sp³-hybridized carbons (Fsp3) is 0.556. The molecule has 2 aromatic heterocycles. The third-order valence-corrected chi connectivity index (χ3v) is 6.19. The lowest BCUT2D eigenvalue weighted by molar-refractivity contribution is 0.173. The maximum atomic E-state index is 6.03. The van der Waals surface area contributed by atoms with Crippen LogP contribution >= 0.6 is 46.9 Å². The van der Waals surface area contributed by atoms with Gasteiger partial charge in [-0.3, -0.25) is 14.6 Å². The average Bonchev–Trinajstić information content (AvgIpc) is 3.13. The molecule has 0 atom stereocenters. The van der Waals surface area contributed by atoms with Crippen molar-refractivity contribution in [1.82, 2.24) is 24.9 Å². The Hall–Kier alpha value is -0.840. The Morgan fingerprint density at radius 2 is 1.96 bits per heavy atom. The summed E-state index contributed by atoms with van der Waals surface area (Å²) in [5.41, 5.74) is 3.53. The molecule has 2 aromatic rings. The number of thiophene rings is 1. The zero-order valence-electron chi connectivity index (χ0n) is 16.3. The SMILES string of the molecule is CN=C(NCc1c(C)nn(C)c1C)N1CCN(Cc2ccc(Cl)s2)CC1.I. The van der Waals surface area contributed by atoms with Gasteiger partial charge in [0.2, 0.25) is 0 Å². The minimum atomic E-state index is 0. The summed E-state index contributed by atoms with van der Waals surface area (Å²) in [7, 11) is 3.84. The third kappa shape index (κ3) is 5.58. The third-order valence-electron chi connectivity index (χ3n) is 4.97. The van der Waals surface area contributed by atoms with Crippen LogP contribution in [-0.2, 0) is 20.1 Å². The van der Waals surface area contributed by atoms with Crippen molar-refractivity contribution < 1.29 is 0 Å². The van der Waals surface area contributed by atoms with Gasteiger partial charge in [-0.05, 0) is 26.0 Å². The Balaban J connectivity index is 0.00000261. The summed E-state index contributed by atoms with van der Waals surface area (Å²) < 4.78 is 2.80. The van der Waals surface area contributed by atoms with E-state index in [1.165, 1.54) is 16.1 Å². The summed E-state index contributed by atoms with van der Waals surface area (Å²) in [6, 6.07) is 4.10. The number of aliphatic imine (C=N–C) groups is 1. The van der Waals surface area contributed by atoms with Crippen molar-refractivity contribution in [3.05, 3.63) is 38.3 Å². The van der Waals surface area contributed by atoms with Crippen molar-refractivity contribution in [2.24, 2.45) is 12.0 Å². The van der Waals surface area contributed by atoms with Crippen LogP contribution in [-0.4, -0.2) is 58.8 Å². The van der Waals surface area contributed by atoms with Gasteiger partial charge in [0.05, 0.1) is 10.0 Å². The van der Waals surface area contributed by atoms with E-state index >= 15 is 0 Å². The number of hydrogen-bond donors (Lipinski definition) is 1. The highest BCUT2D eigenvalue weighted by atomic mass is 127. The maximum Gasteiger partial charge on any atom is 0.194 e. The number of nitrogens with zero attached hydrogens (tertiary/aromatic N) is 5. The molecule has 0 radical (unpaired) electrons. The molecule has 150 valence electrons. The highest BCUT2D eigenvalue weighted by molar-refractivity contribution is 14.0. The maximum absolute atomic E-state index is 6.03. The average molecular weight is 523 g/mol. The first-order chi connectivity index (χ1) is 12.5. The Bertz CT molecular complexity index is 779. The summed E-state index contributed by atoms with van der Waals surface area (Å²) in [5.74, 6) is 0.964. The van der Waals surface area contributed by atoms with Gasteiger partial charge in [0.15, 0.2) is 5.96 Å². The number of piperazine rings is 1. The summed E-state index contributed by atoms with van der Waals surface area (Å²) >= 11 is 7.70. The van der Waals surface area contributed by atoms with E-state index in [0.29, 0.717) is 0 Å². The van der Waals surface area contributed by atoms with E-state index in [1.807, 2.05) is 24.8 Å². The van der Waals surface area contributed by atoms with E-state index in [-0.39, 0.29) is 24.0 Å². The monoisotopic (exact) mass is 522 g/mol. The lowest BCUT2D eigenvalue weighted by Crippen LogP contribution is -2.52. The summed E-state index contributed by atoms with van der Waals surface area (Å²) in [6.45, 7) is 9.91. The van der Waals surface area contributed by atoms with Crippen molar-refractivity contribution in [1.29, 1.82) is 0 Å². The minimum absolute atomic E-state index is 0. The van der Waals surface area contributed by atoms with Gasteiger partial charge in [0.25, 0.3) is 0 Å². The van der Waals surface area contributed by atoms with Crippen LogP contribution in [0.4, 0.5) is 0 Å². The molecule has 0 amide bonds. The van der Waals surface area contributed by atoms with Crippen LogP contribution in [0.5, 0.6) is 0 Å². The first-order valence-electron chi connectivity index (χ1n) is 8.89. The van der Waals surface area contributed by atoms with Gasteiger partial charge in [0, 0.05) is 69.5 Å². The molecule has 0 aromatic carbocycles. The van der Waals surface area contributed by atoms with E-state index < -0.39 is 0 Å². The molecule has 0 aliphatic carbocycles. The Kier molecular flexibility index (Phi) is 8.39. The topological polar surface area (TPSA) is 48.7 Å². The van der Waals surface area contributed by atoms with Crippen LogP contribution in [0.15, 0.2) is 17.1 Å². The predicted molar refractivity (Wildman–Crippen MR) is 124 cm³/mol. The van der Waals surface area contributed by atoms with Gasteiger partial charge in [0.1, 0.15) is 0 Å².